The fourth-order valence-electron chi connectivity index (χ4n) is 2.06. The Morgan fingerprint density at radius 1 is 1.00 bits per heavy atom. The molecule has 96 valence electrons. The zero-order chi connectivity index (χ0) is 13.8. The van der Waals surface area contributed by atoms with Crippen molar-refractivity contribution in [1.29, 1.82) is 5.26 Å². The monoisotopic (exact) mass is 250 g/mol. The Kier molecular flexibility index (Phi) is 3.87. The van der Waals surface area contributed by atoms with E-state index in [2.05, 4.69) is 50.1 Å². The minimum absolute atomic E-state index is 0.698. The van der Waals surface area contributed by atoms with Crippen LogP contribution in [-0.4, -0.2) is 7.05 Å². The van der Waals surface area contributed by atoms with Crippen LogP contribution in [0.25, 0.3) is 0 Å². The van der Waals surface area contributed by atoms with Crippen LogP contribution < -0.4 is 4.90 Å². The van der Waals surface area contributed by atoms with Crippen molar-refractivity contribution in [3.8, 4) is 6.07 Å². The number of nitrogens with zero attached hydrogens (tertiary/aromatic N) is 2. The molecule has 2 aromatic rings. The van der Waals surface area contributed by atoms with Crippen LogP contribution in [0.5, 0.6) is 0 Å². The minimum Gasteiger partial charge on any atom is -0.370 e. The standard InChI is InChI=1S/C17H18N2/c1-13-4-5-16(10-14(13)2)12-19(3)17-8-6-15(11-18)7-9-17/h4-10H,12H2,1-3H3. The molecule has 0 unspecified atom stereocenters. The quantitative estimate of drug-likeness (QED) is 0.828. The van der Waals surface area contributed by atoms with E-state index in [-0.39, 0.29) is 0 Å². The van der Waals surface area contributed by atoms with E-state index < -0.39 is 0 Å². The second-order valence-corrected chi connectivity index (χ2v) is 4.93. The Bertz CT molecular complexity index is 606. The molecule has 0 heterocycles. The summed E-state index contributed by atoms with van der Waals surface area (Å²) in [6, 6.07) is 16.4. The average Bonchev–Trinajstić information content (AvgIpc) is 2.43. The van der Waals surface area contributed by atoms with Gasteiger partial charge in [0.25, 0.3) is 0 Å². The first-order valence-corrected chi connectivity index (χ1v) is 6.37. The number of nitriles is 1. The summed E-state index contributed by atoms with van der Waals surface area (Å²) in [7, 11) is 2.07. The van der Waals surface area contributed by atoms with Gasteiger partial charge >= 0.3 is 0 Å². The Balaban J connectivity index is 2.13. The van der Waals surface area contributed by atoms with Crippen LogP contribution in [0.15, 0.2) is 42.5 Å². The van der Waals surface area contributed by atoms with Crippen LogP contribution in [0.2, 0.25) is 0 Å². The summed E-state index contributed by atoms with van der Waals surface area (Å²) in [5, 5.41) is 8.80. The van der Waals surface area contributed by atoms with Crippen molar-refractivity contribution in [2.75, 3.05) is 11.9 Å². The van der Waals surface area contributed by atoms with Crippen molar-refractivity contribution >= 4 is 5.69 Å². The van der Waals surface area contributed by atoms with Gasteiger partial charge in [-0.1, -0.05) is 18.2 Å². The van der Waals surface area contributed by atoms with E-state index in [9.17, 15) is 0 Å². The van der Waals surface area contributed by atoms with Crippen molar-refractivity contribution in [1.82, 2.24) is 0 Å². The van der Waals surface area contributed by atoms with Crippen LogP contribution in [0.4, 0.5) is 5.69 Å². The maximum absolute atomic E-state index is 8.80. The Morgan fingerprint density at radius 2 is 1.68 bits per heavy atom. The second-order valence-electron chi connectivity index (χ2n) is 4.93. The van der Waals surface area contributed by atoms with Gasteiger partial charge in [0.1, 0.15) is 0 Å². The summed E-state index contributed by atoms with van der Waals surface area (Å²) < 4.78 is 0. The largest absolute Gasteiger partial charge is 0.370 e. The van der Waals surface area contributed by atoms with Crippen molar-refractivity contribution in [3.05, 3.63) is 64.7 Å². The molecular weight excluding hydrogens is 232 g/mol. The zero-order valence-electron chi connectivity index (χ0n) is 11.6. The topological polar surface area (TPSA) is 27.0 Å². The van der Waals surface area contributed by atoms with Gasteiger partial charge in [-0.2, -0.15) is 5.26 Å². The first kappa shape index (κ1) is 13.2. The zero-order valence-corrected chi connectivity index (χ0v) is 11.6. The van der Waals surface area contributed by atoms with Gasteiger partial charge in [0.2, 0.25) is 0 Å². The lowest BCUT2D eigenvalue weighted by atomic mass is 10.1. The fraction of sp³-hybridized carbons (Fsp3) is 0.235. The molecule has 0 atom stereocenters. The smallest absolute Gasteiger partial charge is 0.0991 e. The van der Waals surface area contributed by atoms with Crippen molar-refractivity contribution in [2.45, 2.75) is 20.4 Å². The van der Waals surface area contributed by atoms with Gasteiger partial charge in [0.15, 0.2) is 0 Å². The van der Waals surface area contributed by atoms with E-state index in [0.717, 1.165) is 12.2 Å². The molecule has 2 heteroatoms. The van der Waals surface area contributed by atoms with Gasteiger partial charge in [-0.25, -0.2) is 0 Å². The molecule has 0 spiro atoms. The third-order valence-corrected chi connectivity index (χ3v) is 3.43. The summed E-state index contributed by atoms with van der Waals surface area (Å²) in [4.78, 5) is 2.19. The molecular formula is C17H18N2. The third-order valence-electron chi connectivity index (χ3n) is 3.43. The highest BCUT2D eigenvalue weighted by atomic mass is 15.1. The first-order valence-electron chi connectivity index (χ1n) is 6.37. The van der Waals surface area contributed by atoms with E-state index >= 15 is 0 Å². The molecule has 0 fully saturated rings. The van der Waals surface area contributed by atoms with Gasteiger partial charge in [-0.15, -0.1) is 0 Å². The van der Waals surface area contributed by atoms with E-state index in [1.807, 2.05) is 24.3 Å². The molecule has 0 aliphatic carbocycles. The molecule has 0 saturated heterocycles. The average molecular weight is 250 g/mol. The summed E-state index contributed by atoms with van der Waals surface area (Å²) in [6.45, 7) is 5.14. The lowest BCUT2D eigenvalue weighted by Gasteiger charge is -2.20. The SMILES string of the molecule is Cc1ccc(CN(C)c2ccc(C#N)cc2)cc1C. The van der Waals surface area contributed by atoms with Crippen LogP contribution >= 0.6 is 0 Å². The molecule has 19 heavy (non-hydrogen) atoms. The van der Waals surface area contributed by atoms with Crippen molar-refractivity contribution in [3.63, 3.8) is 0 Å². The van der Waals surface area contributed by atoms with E-state index in [4.69, 9.17) is 5.26 Å². The fourth-order valence-corrected chi connectivity index (χ4v) is 2.06. The molecule has 0 radical (unpaired) electrons. The molecule has 0 aromatic heterocycles. The van der Waals surface area contributed by atoms with E-state index in [0.29, 0.717) is 5.56 Å². The third kappa shape index (κ3) is 3.14. The Labute approximate surface area is 114 Å². The number of anilines is 1. The van der Waals surface area contributed by atoms with Crippen LogP contribution in [0.1, 0.15) is 22.3 Å². The molecule has 2 rings (SSSR count). The first-order chi connectivity index (χ1) is 9.10. The van der Waals surface area contributed by atoms with Gasteiger partial charge in [0.05, 0.1) is 11.6 Å². The van der Waals surface area contributed by atoms with Gasteiger partial charge in [0, 0.05) is 19.3 Å². The molecule has 2 nitrogen and oxygen atoms in total. The van der Waals surface area contributed by atoms with E-state index in [1.165, 1.54) is 16.7 Å². The van der Waals surface area contributed by atoms with Crippen molar-refractivity contribution < 1.29 is 0 Å². The Morgan fingerprint density at radius 3 is 2.26 bits per heavy atom. The predicted molar refractivity (Wildman–Crippen MR) is 79.2 cm³/mol. The highest BCUT2D eigenvalue weighted by Crippen LogP contribution is 2.17. The van der Waals surface area contributed by atoms with Gasteiger partial charge < -0.3 is 4.90 Å². The molecule has 0 aliphatic rings. The number of hydrogen-bond acceptors (Lipinski definition) is 2. The molecule has 0 bridgehead atoms. The normalized spacial score (nSPS) is 10.0. The molecule has 0 aliphatic heterocycles. The van der Waals surface area contributed by atoms with Gasteiger partial charge in [-0.3, -0.25) is 0 Å². The number of rotatable bonds is 3. The lowest BCUT2D eigenvalue weighted by molar-refractivity contribution is 0.920. The molecule has 2 aromatic carbocycles. The van der Waals surface area contributed by atoms with E-state index in [1.54, 1.807) is 0 Å². The summed E-state index contributed by atoms with van der Waals surface area (Å²) in [5.74, 6) is 0. The summed E-state index contributed by atoms with van der Waals surface area (Å²) in [5.41, 5.74) is 5.77. The molecule has 0 saturated carbocycles. The second kappa shape index (κ2) is 5.58. The minimum atomic E-state index is 0.698. The number of hydrogen-bond donors (Lipinski definition) is 0. The van der Waals surface area contributed by atoms with Crippen LogP contribution in [0.3, 0.4) is 0 Å². The highest BCUT2D eigenvalue weighted by Gasteiger charge is 2.03. The highest BCUT2D eigenvalue weighted by molar-refractivity contribution is 5.49. The maximum atomic E-state index is 8.80. The number of aryl methyl sites for hydroxylation is 2. The molecule has 0 N–H and O–H groups in total. The van der Waals surface area contributed by atoms with Gasteiger partial charge in [-0.05, 0) is 54.8 Å². The van der Waals surface area contributed by atoms with Crippen LogP contribution in [-0.2, 0) is 6.54 Å². The summed E-state index contributed by atoms with van der Waals surface area (Å²) in [6.07, 6.45) is 0. The molecule has 0 amide bonds. The number of benzene rings is 2. The van der Waals surface area contributed by atoms with Crippen molar-refractivity contribution in [2.24, 2.45) is 0 Å². The maximum Gasteiger partial charge on any atom is 0.0991 e. The summed E-state index contributed by atoms with van der Waals surface area (Å²) >= 11 is 0. The predicted octanol–water partition coefficient (Wildman–Crippen LogP) is 3.81. The Hall–Kier alpha value is -2.27. The lowest BCUT2D eigenvalue weighted by Crippen LogP contribution is -2.16. The van der Waals surface area contributed by atoms with Crippen LogP contribution in [0, 0.1) is 25.2 Å².